The number of nitrogens with zero attached hydrogens (tertiary/aromatic N) is 2. The van der Waals surface area contributed by atoms with Crippen molar-refractivity contribution in [1.29, 1.82) is 0 Å². The Balaban J connectivity index is 1.93. The Hall–Kier alpha value is -0.130. The molecule has 1 aliphatic rings. The molecule has 0 spiro atoms. The van der Waals surface area contributed by atoms with Crippen molar-refractivity contribution < 1.29 is 5.11 Å². The lowest BCUT2D eigenvalue weighted by Gasteiger charge is -2.33. The van der Waals surface area contributed by atoms with Crippen LogP contribution in [0.1, 0.15) is 33.0 Å². The maximum atomic E-state index is 10.5. The van der Waals surface area contributed by atoms with Gasteiger partial charge >= 0.3 is 0 Å². The first-order valence-corrected chi connectivity index (χ1v) is 9.06. The molecule has 0 bridgehead atoms. The molecule has 0 amide bonds. The van der Waals surface area contributed by atoms with Gasteiger partial charge in [0.1, 0.15) is 5.82 Å². The highest BCUT2D eigenvalue weighted by molar-refractivity contribution is 8.07. The third-order valence-electron chi connectivity index (χ3n) is 3.66. The van der Waals surface area contributed by atoms with Crippen molar-refractivity contribution in [2.75, 3.05) is 5.75 Å². The van der Waals surface area contributed by atoms with Gasteiger partial charge in [-0.2, -0.15) is 23.5 Å². The summed E-state index contributed by atoms with van der Waals surface area (Å²) < 4.78 is 2.16. The van der Waals surface area contributed by atoms with Gasteiger partial charge in [-0.15, -0.1) is 0 Å². The molecular weight excluding hydrogens is 276 g/mol. The lowest BCUT2D eigenvalue weighted by molar-refractivity contribution is 0.173. The van der Waals surface area contributed by atoms with Crippen molar-refractivity contribution in [3.05, 3.63) is 18.2 Å². The topological polar surface area (TPSA) is 38.0 Å². The van der Waals surface area contributed by atoms with E-state index in [2.05, 4.69) is 30.3 Å². The standard InChI is InChI=1S/C14H24N2OS2/c1-4-6-16-7-5-15-14(16)8-12(17)13-9-18-10(2)11(3)19-13/h5,7,10-13,17H,4,6,8-9H2,1-3H3. The quantitative estimate of drug-likeness (QED) is 0.907. The van der Waals surface area contributed by atoms with Gasteiger partial charge < -0.3 is 9.67 Å². The zero-order valence-electron chi connectivity index (χ0n) is 12.0. The smallest absolute Gasteiger partial charge is 0.111 e. The summed E-state index contributed by atoms with van der Waals surface area (Å²) in [6.45, 7) is 7.69. The number of aliphatic hydroxyl groups excluding tert-OH is 1. The fourth-order valence-electron chi connectivity index (χ4n) is 2.30. The number of aliphatic hydroxyl groups is 1. The highest BCUT2D eigenvalue weighted by Gasteiger charge is 2.30. The van der Waals surface area contributed by atoms with E-state index in [0.717, 1.165) is 24.5 Å². The molecule has 0 radical (unpaired) electrons. The predicted octanol–water partition coefficient (Wildman–Crippen LogP) is 2.82. The third kappa shape index (κ3) is 3.92. The maximum absolute atomic E-state index is 10.5. The van der Waals surface area contributed by atoms with Crippen LogP contribution in [0.25, 0.3) is 0 Å². The number of thioether (sulfide) groups is 2. The van der Waals surface area contributed by atoms with Gasteiger partial charge in [0.15, 0.2) is 0 Å². The summed E-state index contributed by atoms with van der Waals surface area (Å²) in [5, 5.41) is 12.1. The Morgan fingerprint density at radius 1 is 1.47 bits per heavy atom. The van der Waals surface area contributed by atoms with Crippen LogP contribution in [0.4, 0.5) is 0 Å². The molecule has 1 N–H and O–H groups in total. The molecule has 5 heteroatoms. The number of hydrogen-bond donors (Lipinski definition) is 1. The summed E-state index contributed by atoms with van der Waals surface area (Å²) in [5.74, 6) is 2.07. The van der Waals surface area contributed by atoms with E-state index in [1.165, 1.54) is 0 Å². The second-order valence-corrected chi connectivity index (χ2v) is 8.26. The number of hydrogen-bond acceptors (Lipinski definition) is 4. The van der Waals surface area contributed by atoms with Gasteiger partial charge in [-0.1, -0.05) is 20.8 Å². The molecule has 0 saturated carbocycles. The largest absolute Gasteiger partial charge is 0.391 e. The molecular formula is C14H24N2OS2. The molecule has 108 valence electrons. The SMILES string of the molecule is CCCn1ccnc1CC(O)C1CSC(C)C(C)S1. The molecule has 0 aliphatic carbocycles. The average molecular weight is 300 g/mol. The van der Waals surface area contributed by atoms with Gasteiger partial charge in [-0.25, -0.2) is 4.98 Å². The molecule has 2 rings (SSSR count). The fraction of sp³-hybridized carbons (Fsp3) is 0.786. The van der Waals surface area contributed by atoms with E-state index in [-0.39, 0.29) is 6.10 Å². The minimum atomic E-state index is -0.287. The lowest BCUT2D eigenvalue weighted by Crippen LogP contribution is -2.36. The molecule has 1 aromatic rings. The molecule has 19 heavy (non-hydrogen) atoms. The first-order valence-electron chi connectivity index (χ1n) is 7.07. The summed E-state index contributed by atoms with van der Waals surface area (Å²) in [5.41, 5.74) is 0. The summed E-state index contributed by atoms with van der Waals surface area (Å²) >= 11 is 3.92. The average Bonchev–Trinajstić information content (AvgIpc) is 2.80. The van der Waals surface area contributed by atoms with Crippen molar-refractivity contribution in [2.24, 2.45) is 0 Å². The van der Waals surface area contributed by atoms with Gasteiger partial charge in [0.25, 0.3) is 0 Å². The molecule has 0 aromatic carbocycles. The van der Waals surface area contributed by atoms with Gasteiger partial charge in [-0.05, 0) is 6.42 Å². The van der Waals surface area contributed by atoms with E-state index in [0.29, 0.717) is 22.2 Å². The van der Waals surface area contributed by atoms with Crippen LogP contribution in [0.2, 0.25) is 0 Å². The van der Waals surface area contributed by atoms with Crippen LogP contribution in [-0.2, 0) is 13.0 Å². The first kappa shape index (κ1) is 15.3. The summed E-state index contributed by atoms with van der Waals surface area (Å²) in [4.78, 5) is 4.39. The Morgan fingerprint density at radius 3 is 2.95 bits per heavy atom. The van der Waals surface area contributed by atoms with E-state index in [4.69, 9.17) is 0 Å². The van der Waals surface area contributed by atoms with E-state index >= 15 is 0 Å². The molecule has 3 nitrogen and oxygen atoms in total. The van der Waals surface area contributed by atoms with Gasteiger partial charge in [0.2, 0.25) is 0 Å². The number of aryl methyl sites for hydroxylation is 1. The molecule has 1 aromatic heterocycles. The van der Waals surface area contributed by atoms with Crippen molar-refractivity contribution >= 4 is 23.5 Å². The van der Waals surface area contributed by atoms with Crippen LogP contribution in [0.3, 0.4) is 0 Å². The van der Waals surface area contributed by atoms with Crippen molar-refractivity contribution in [1.82, 2.24) is 9.55 Å². The normalized spacial score (nSPS) is 29.4. The summed E-state index contributed by atoms with van der Waals surface area (Å²) in [6, 6.07) is 0. The first-order chi connectivity index (χ1) is 9.11. The monoisotopic (exact) mass is 300 g/mol. The van der Waals surface area contributed by atoms with E-state index in [1.807, 2.05) is 35.9 Å². The Bertz CT molecular complexity index is 397. The van der Waals surface area contributed by atoms with Crippen LogP contribution < -0.4 is 0 Å². The fourth-order valence-corrected chi connectivity index (χ4v) is 5.32. The number of imidazole rings is 1. The highest BCUT2D eigenvalue weighted by atomic mass is 32.2. The van der Waals surface area contributed by atoms with Gasteiger partial charge in [0.05, 0.1) is 6.10 Å². The zero-order valence-corrected chi connectivity index (χ0v) is 13.6. The summed E-state index contributed by atoms with van der Waals surface area (Å²) in [6.07, 6.45) is 5.34. The third-order valence-corrected chi connectivity index (χ3v) is 7.20. The second-order valence-electron chi connectivity index (χ2n) is 5.23. The van der Waals surface area contributed by atoms with Gasteiger partial charge in [-0.3, -0.25) is 0 Å². The zero-order chi connectivity index (χ0) is 13.8. The Kier molecular flexibility index (Phi) is 5.66. The predicted molar refractivity (Wildman–Crippen MR) is 85.0 cm³/mol. The molecule has 4 unspecified atom stereocenters. The van der Waals surface area contributed by atoms with Crippen molar-refractivity contribution in [3.63, 3.8) is 0 Å². The van der Waals surface area contributed by atoms with Crippen molar-refractivity contribution in [3.8, 4) is 0 Å². The molecule has 2 heterocycles. The van der Waals surface area contributed by atoms with E-state index in [9.17, 15) is 5.11 Å². The van der Waals surface area contributed by atoms with Crippen molar-refractivity contribution in [2.45, 2.75) is 62.0 Å². The molecule has 1 saturated heterocycles. The van der Waals surface area contributed by atoms with E-state index in [1.54, 1.807) is 0 Å². The maximum Gasteiger partial charge on any atom is 0.111 e. The van der Waals surface area contributed by atoms with Crippen LogP contribution in [0, 0.1) is 0 Å². The van der Waals surface area contributed by atoms with Crippen LogP contribution in [-0.4, -0.2) is 42.3 Å². The van der Waals surface area contributed by atoms with E-state index < -0.39 is 0 Å². The molecule has 1 fully saturated rings. The van der Waals surface area contributed by atoms with Gasteiger partial charge in [0, 0.05) is 46.9 Å². The number of aromatic nitrogens is 2. The molecule has 1 aliphatic heterocycles. The molecule has 4 atom stereocenters. The minimum Gasteiger partial charge on any atom is -0.391 e. The van der Waals surface area contributed by atoms with Crippen LogP contribution in [0.5, 0.6) is 0 Å². The lowest BCUT2D eigenvalue weighted by atomic mass is 10.2. The highest BCUT2D eigenvalue weighted by Crippen LogP contribution is 2.37. The van der Waals surface area contributed by atoms with Crippen LogP contribution in [0.15, 0.2) is 12.4 Å². The Labute approximate surface area is 124 Å². The summed E-state index contributed by atoms with van der Waals surface area (Å²) in [7, 11) is 0. The Morgan fingerprint density at radius 2 is 2.26 bits per heavy atom. The minimum absolute atomic E-state index is 0.287. The van der Waals surface area contributed by atoms with Crippen LogP contribution >= 0.6 is 23.5 Å². The number of rotatable bonds is 5. The second kappa shape index (κ2) is 7.04.